The van der Waals surface area contributed by atoms with Crippen LogP contribution in [0.2, 0.25) is 0 Å². The number of fused-ring (bicyclic) bond motifs is 2. The van der Waals surface area contributed by atoms with Gasteiger partial charge in [-0.05, 0) is 23.3 Å². The van der Waals surface area contributed by atoms with Gasteiger partial charge in [-0.1, -0.05) is 91.0 Å². The van der Waals surface area contributed by atoms with Crippen molar-refractivity contribution in [2.45, 2.75) is 17.6 Å². The summed E-state index contributed by atoms with van der Waals surface area (Å²) in [4.78, 5) is 57.8. The summed E-state index contributed by atoms with van der Waals surface area (Å²) < 4.78 is 6.60. The molecule has 40 heavy (non-hydrogen) atoms. The summed E-state index contributed by atoms with van der Waals surface area (Å²) in [6, 6.07) is 26.9. The summed E-state index contributed by atoms with van der Waals surface area (Å²) in [6.45, 7) is 0. The Morgan fingerprint density at radius 1 is 0.600 bits per heavy atom. The molecular formula is C32H20NO7-. The first-order chi connectivity index (χ1) is 19.3. The zero-order chi connectivity index (χ0) is 27.8. The van der Waals surface area contributed by atoms with E-state index in [0.29, 0.717) is 5.56 Å². The molecule has 8 heteroatoms. The van der Waals surface area contributed by atoms with Crippen LogP contribution in [0.4, 0.5) is 5.69 Å². The molecule has 1 fully saturated rings. The van der Waals surface area contributed by atoms with Crippen LogP contribution in [-0.4, -0.2) is 33.9 Å². The number of carbonyl (C=O) groups excluding carboxylic acids is 4. The molecule has 3 aliphatic rings. The van der Waals surface area contributed by atoms with Gasteiger partial charge in [0.05, 0.1) is 11.6 Å². The van der Waals surface area contributed by atoms with E-state index in [-0.39, 0.29) is 38.7 Å². The fourth-order valence-corrected chi connectivity index (χ4v) is 6.75. The third-order valence-electron chi connectivity index (χ3n) is 8.39. The van der Waals surface area contributed by atoms with Crippen LogP contribution in [0, 0.1) is 10.6 Å². The van der Waals surface area contributed by atoms with Crippen molar-refractivity contribution in [2.24, 2.45) is 5.41 Å². The molecule has 8 nitrogen and oxygen atoms in total. The molecule has 2 aliphatic carbocycles. The van der Waals surface area contributed by atoms with Crippen molar-refractivity contribution in [3.8, 4) is 0 Å². The number of hydrogen-bond acceptors (Lipinski definition) is 8. The number of rotatable bonds is 3. The van der Waals surface area contributed by atoms with Crippen molar-refractivity contribution in [1.29, 1.82) is 0 Å². The lowest BCUT2D eigenvalue weighted by Gasteiger charge is -2.35. The van der Waals surface area contributed by atoms with Gasteiger partial charge in [0.1, 0.15) is 11.5 Å². The number of nitrogens with zero attached hydrogens (tertiary/aromatic N) is 1. The number of Topliss-reactive ketones (excluding diaryl/α,β-unsaturated/α-hetero) is 4. The monoisotopic (exact) mass is 530 g/mol. The van der Waals surface area contributed by atoms with Crippen LogP contribution in [0.5, 0.6) is 0 Å². The SMILES string of the molecule is O=C1c2ccccc2C(=O)C12O[C@H](c1ccccc1)C1(C(=O)c3ccccc3C1=O)[C@H]2c1ccc(N([O-])O)cc1. The van der Waals surface area contributed by atoms with Crippen molar-refractivity contribution in [1.82, 2.24) is 0 Å². The molecule has 4 aromatic carbocycles. The zero-order valence-electron chi connectivity index (χ0n) is 20.8. The second-order valence-electron chi connectivity index (χ2n) is 10.2. The molecule has 196 valence electrons. The predicted molar refractivity (Wildman–Crippen MR) is 142 cm³/mol. The molecule has 2 atom stereocenters. The van der Waals surface area contributed by atoms with Crippen molar-refractivity contribution < 1.29 is 29.1 Å². The Bertz CT molecular complexity index is 1670. The van der Waals surface area contributed by atoms with E-state index in [1.807, 2.05) is 0 Å². The molecule has 0 saturated carbocycles. The van der Waals surface area contributed by atoms with Gasteiger partial charge >= 0.3 is 0 Å². The standard InChI is InChI=1S/C32H20NO7/c34-26-21-10-4-5-11-22(21)27(35)31(26)25(18-14-16-20(17-15-18)33(38)39)32(40-30(31)19-8-2-1-3-9-19)28(36)23-12-6-7-13-24(23)29(32)37/h1-17,25,30,38H/q-1/t25-,30-/m1/s1. The largest absolute Gasteiger partial charge is 0.733 e. The van der Waals surface area contributed by atoms with Gasteiger partial charge in [-0.25, -0.2) is 0 Å². The number of hydrogen-bond donors (Lipinski definition) is 1. The van der Waals surface area contributed by atoms with E-state index in [9.17, 15) is 29.6 Å². The molecular weight excluding hydrogens is 510 g/mol. The van der Waals surface area contributed by atoms with Crippen LogP contribution in [0.1, 0.15) is 64.6 Å². The van der Waals surface area contributed by atoms with Crippen molar-refractivity contribution >= 4 is 28.8 Å². The number of ether oxygens (including phenoxy) is 1. The third kappa shape index (κ3) is 2.84. The molecule has 1 N–H and O–H groups in total. The Labute approximate surface area is 228 Å². The lowest BCUT2D eigenvalue weighted by atomic mass is 9.60. The average molecular weight is 531 g/mol. The smallest absolute Gasteiger partial charge is 0.204 e. The number of benzene rings is 4. The van der Waals surface area contributed by atoms with Crippen LogP contribution in [0.25, 0.3) is 0 Å². The normalized spacial score (nSPS) is 21.8. The highest BCUT2D eigenvalue weighted by Gasteiger charge is 2.79. The second-order valence-corrected chi connectivity index (χ2v) is 10.2. The number of anilines is 1. The summed E-state index contributed by atoms with van der Waals surface area (Å²) in [5.74, 6) is -3.74. The van der Waals surface area contributed by atoms with Gasteiger partial charge in [-0.2, -0.15) is 0 Å². The fraction of sp³-hybridized carbons (Fsp3) is 0.125. The first-order valence-electron chi connectivity index (χ1n) is 12.7. The first kappa shape index (κ1) is 24.3. The van der Waals surface area contributed by atoms with E-state index in [4.69, 9.17) is 4.74 Å². The highest BCUT2D eigenvalue weighted by Crippen LogP contribution is 2.67. The first-order valence-corrected chi connectivity index (χ1v) is 12.7. The van der Waals surface area contributed by atoms with Gasteiger partial charge in [0.25, 0.3) is 0 Å². The Kier molecular flexibility index (Phi) is 5.08. The highest BCUT2D eigenvalue weighted by atomic mass is 16.8. The predicted octanol–water partition coefficient (Wildman–Crippen LogP) is 5.12. The Morgan fingerprint density at radius 2 is 1.05 bits per heavy atom. The van der Waals surface area contributed by atoms with Gasteiger partial charge in [-0.3, -0.25) is 24.4 Å². The minimum Gasteiger partial charge on any atom is -0.733 e. The maximum Gasteiger partial charge on any atom is 0.204 e. The summed E-state index contributed by atoms with van der Waals surface area (Å²) in [5, 5.41) is 20.7. The van der Waals surface area contributed by atoms with Crippen LogP contribution in [0.3, 0.4) is 0 Å². The molecule has 1 heterocycles. The van der Waals surface area contributed by atoms with E-state index < -0.39 is 46.2 Å². The topological polar surface area (TPSA) is 124 Å². The Balaban J connectivity index is 1.57. The lowest BCUT2D eigenvalue weighted by molar-refractivity contribution is -0.0210. The molecule has 1 aliphatic heterocycles. The fourth-order valence-electron chi connectivity index (χ4n) is 6.75. The maximum absolute atomic E-state index is 14.6. The molecule has 0 amide bonds. The molecule has 7 rings (SSSR count). The molecule has 0 aromatic heterocycles. The van der Waals surface area contributed by atoms with E-state index in [2.05, 4.69) is 0 Å². The van der Waals surface area contributed by atoms with Gasteiger partial charge in [-0.15, -0.1) is 0 Å². The summed E-state index contributed by atoms with van der Waals surface area (Å²) in [7, 11) is 0. The van der Waals surface area contributed by atoms with Crippen molar-refractivity contribution in [3.05, 3.63) is 142 Å². The molecule has 2 spiro atoms. The lowest BCUT2D eigenvalue weighted by Crippen LogP contribution is -2.51. The van der Waals surface area contributed by atoms with Crippen molar-refractivity contribution in [3.63, 3.8) is 0 Å². The third-order valence-corrected chi connectivity index (χ3v) is 8.39. The quantitative estimate of drug-likeness (QED) is 0.286. The molecule has 0 bridgehead atoms. The number of carbonyl (C=O) groups is 4. The second kappa shape index (κ2) is 8.37. The van der Waals surface area contributed by atoms with E-state index in [1.54, 1.807) is 66.7 Å². The zero-order valence-corrected chi connectivity index (χ0v) is 20.8. The van der Waals surface area contributed by atoms with E-state index in [1.165, 1.54) is 36.4 Å². The van der Waals surface area contributed by atoms with E-state index in [0.717, 1.165) is 0 Å². The summed E-state index contributed by atoms with van der Waals surface area (Å²) >= 11 is 0. The van der Waals surface area contributed by atoms with Crippen LogP contribution in [0.15, 0.2) is 103 Å². The maximum atomic E-state index is 14.6. The summed E-state index contributed by atoms with van der Waals surface area (Å²) in [6.07, 6.45) is -1.28. The average Bonchev–Trinajstić information content (AvgIpc) is 3.52. The number of ketones is 4. The minimum absolute atomic E-state index is 0.106. The Morgan fingerprint density at radius 3 is 1.52 bits per heavy atom. The summed E-state index contributed by atoms with van der Waals surface area (Å²) in [5.41, 5.74) is -2.93. The molecule has 0 unspecified atom stereocenters. The Hall–Kier alpha value is -4.76. The molecule has 0 radical (unpaired) electrons. The van der Waals surface area contributed by atoms with Gasteiger partial charge < -0.3 is 15.2 Å². The van der Waals surface area contributed by atoms with Crippen LogP contribution >= 0.6 is 0 Å². The van der Waals surface area contributed by atoms with Gasteiger partial charge in [0, 0.05) is 22.3 Å². The van der Waals surface area contributed by atoms with Crippen LogP contribution < -0.4 is 5.23 Å². The highest BCUT2D eigenvalue weighted by molar-refractivity contribution is 6.37. The molecule has 4 aromatic rings. The van der Waals surface area contributed by atoms with E-state index >= 15 is 0 Å². The van der Waals surface area contributed by atoms with Gasteiger partial charge in [0.15, 0.2) is 11.6 Å². The van der Waals surface area contributed by atoms with Crippen LogP contribution in [-0.2, 0) is 4.74 Å². The minimum atomic E-state index is -2.23. The van der Waals surface area contributed by atoms with Crippen molar-refractivity contribution in [2.75, 3.05) is 5.23 Å². The molecule has 1 saturated heterocycles. The van der Waals surface area contributed by atoms with Gasteiger partial charge in [0.2, 0.25) is 17.2 Å².